The first-order valence-electron chi connectivity index (χ1n) is 6.45. The fourth-order valence-corrected chi connectivity index (χ4v) is 2.30. The van der Waals surface area contributed by atoms with Crippen LogP contribution in [0.25, 0.3) is 0 Å². The second-order valence-corrected chi connectivity index (χ2v) is 4.71. The zero-order valence-electron chi connectivity index (χ0n) is 10.9. The SMILES string of the molecule is CC(C(=O)O)N(C(=O)[C@@H]1CCCN1)c1ccccc1. The van der Waals surface area contributed by atoms with Gasteiger partial charge in [0.1, 0.15) is 6.04 Å². The number of carboxylic acid groups (broad SMARTS) is 1. The minimum atomic E-state index is -1.00. The van der Waals surface area contributed by atoms with Crippen LogP contribution in [0.2, 0.25) is 0 Å². The van der Waals surface area contributed by atoms with Gasteiger partial charge in [0.25, 0.3) is 0 Å². The molecule has 2 rings (SSSR count). The topological polar surface area (TPSA) is 69.6 Å². The van der Waals surface area contributed by atoms with E-state index in [-0.39, 0.29) is 11.9 Å². The fourth-order valence-electron chi connectivity index (χ4n) is 2.30. The molecule has 2 atom stereocenters. The van der Waals surface area contributed by atoms with Crippen molar-refractivity contribution in [3.05, 3.63) is 30.3 Å². The Morgan fingerprint density at radius 1 is 1.37 bits per heavy atom. The van der Waals surface area contributed by atoms with Crippen LogP contribution >= 0.6 is 0 Å². The summed E-state index contributed by atoms with van der Waals surface area (Å²) in [5.74, 6) is -1.17. The molecule has 102 valence electrons. The number of carbonyl (C=O) groups is 2. The van der Waals surface area contributed by atoms with Gasteiger partial charge in [0.15, 0.2) is 0 Å². The quantitative estimate of drug-likeness (QED) is 0.856. The smallest absolute Gasteiger partial charge is 0.326 e. The van der Waals surface area contributed by atoms with Gasteiger partial charge < -0.3 is 10.4 Å². The summed E-state index contributed by atoms with van der Waals surface area (Å²) in [6.07, 6.45) is 1.70. The first-order chi connectivity index (χ1) is 9.11. The minimum absolute atomic E-state index is 0.168. The molecular weight excluding hydrogens is 244 g/mol. The van der Waals surface area contributed by atoms with E-state index in [1.54, 1.807) is 24.3 Å². The Balaban J connectivity index is 2.28. The van der Waals surface area contributed by atoms with Crippen molar-refractivity contribution >= 4 is 17.6 Å². The molecular formula is C14H18N2O3. The van der Waals surface area contributed by atoms with Crippen molar-refractivity contribution in [2.45, 2.75) is 31.8 Å². The van der Waals surface area contributed by atoms with Crippen LogP contribution in [-0.2, 0) is 9.59 Å². The number of carbonyl (C=O) groups excluding carboxylic acids is 1. The van der Waals surface area contributed by atoms with E-state index in [1.807, 2.05) is 6.07 Å². The van der Waals surface area contributed by atoms with Crippen LogP contribution in [0, 0.1) is 0 Å². The number of rotatable bonds is 4. The van der Waals surface area contributed by atoms with Crippen LogP contribution in [0.5, 0.6) is 0 Å². The van der Waals surface area contributed by atoms with Crippen molar-refractivity contribution in [1.29, 1.82) is 0 Å². The van der Waals surface area contributed by atoms with Crippen molar-refractivity contribution in [2.75, 3.05) is 11.4 Å². The van der Waals surface area contributed by atoms with Crippen LogP contribution in [0.4, 0.5) is 5.69 Å². The lowest BCUT2D eigenvalue weighted by molar-refractivity contribution is -0.139. The number of para-hydroxylation sites is 1. The number of nitrogens with zero attached hydrogens (tertiary/aromatic N) is 1. The van der Waals surface area contributed by atoms with Gasteiger partial charge in [-0.15, -0.1) is 0 Å². The van der Waals surface area contributed by atoms with Gasteiger partial charge >= 0.3 is 5.97 Å². The summed E-state index contributed by atoms with van der Waals surface area (Å²) < 4.78 is 0. The summed E-state index contributed by atoms with van der Waals surface area (Å²) in [4.78, 5) is 25.1. The summed E-state index contributed by atoms with van der Waals surface area (Å²) in [5, 5.41) is 12.3. The highest BCUT2D eigenvalue weighted by atomic mass is 16.4. The average molecular weight is 262 g/mol. The van der Waals surface area contributed by atoms with Gasteiger partial charge in [-0.25, -0.2) is 4.79 Å². The molecule has 0 radical (unpaired) electrons. The van der Waals surface area contributed by atoms with Gasteiger partial charge in [0.05, 0.1) is 6.04 Å². The number of anilines is 1. The Morgan fingerprint density at radius 3 is 2.58 bits per heavy atom. The summed E-state index contributed by atoms with van der Waals surface area (Å²) >= 11 is 0. The monoisotopic (exact) mass is 262 g/mol. The fraction of sp³-hybridized carbons (Fsp3) is 0.429. The average Bonchev–Trinajstić information content (AvgIpc) is 2.93. The molecule has 0 bridgehead atoms. The van der Waals surface area contributed by atoms with E-state index in [4.69, 9.17) is 0 Å². The van der Waals surface area contributed by atoms with E-state index in [0.29, 0.717) is 5.69 Å². The van der Waals surface area contributed by atoms with E-state index in [0.717, 1.165) is 19.4 Å². The standard InChI is InChI=1S/C14H18N2O3/c1-10(14(18)19)16(11-6-3-2-4-7-11)13(17)12-8-5-9-15-12/h2-4,6-7,10,12,15H,5,8-9H2,1H3,(H,18,19)/t10?,12-/m0/s1. The van der Waals surface area contributed by atoms with Crippen LogP contribution in [0.1, 0.15) is 19.8 Å². The molecule has 0 saturated carbocycles. The summed E-state index contributed by atoms with van der Waals surface area (Å²) in [5.41, 5.74) is 0.621. The third kappa shape index (κ3) is 2.93. The molecule has 1 saturated heterocycles. The number of hydrogen-bond acceptors (Lipinski definition) is 3. The van der Waals surface area contributed by atoms with Gasteiger partial charge in [-0.2, -0.15) is 0 Å². The lowest BCUT2D eigenvalue weighted by Gasteiger charge is -2.29. The number of amides is 1. The van der Waals surface area contributed by atoms with Crippen molar-refractivity contribution in [3.63, 3.8) is 0 Å². The molecule has 5 nitrogen and oxygen atoms in total. The molecule has 0 aliphatic carbocycles. The largest absolute Gasteiger partial charge is 0.480 e. The molecule has 2 N–H and O–H groups in total. The van der Waals surface area contributed by atoms with Gasteiger partial charge in [-0.3, -0.25) is 9.69 Å². The lowest BCUT2D eigenvalue weighted by atomic mass is 10.1. The van der Waals surface area contributed by atoms with Crippen molar-refractivity contribution in [2.24, 2.45) is 0 Å². The van der Waals surface area contributed by atoms with Gasteiger partial charge in [0.2, 0.25) is 5.91 Å². The molecule has 1 unspecified atom stereocenters. The molecule has 0 aromatic heterocycles. The third-order valence-electron chi connectivity index (χ3n) is 3.37. The second-order valence-electron chi connectivity index (χ2n) is 4.71. The molecule has 1 heterocycles. The maximum Gasteiger partial charge on any atom is 0.326 e. The van der Waals surface area contributed by atoms with Crippen molar-refractivity contribution in [3.8, 4) is 0 Å². The predicted molar refractivity (Wildman–Crippen MR) is 72.1 cm³/mol. The van der Waals surface area contributed by atoms with Crippen LogP contribution in [-0.4, -0.2) is 35.6 Å². The number of aliphatic carboxylic acids is 1. The summed E-state index contributed by atoms with van der Waals surface area (Å²) in [6, 6.07) is 7.79. The lowest BCUT2D eigenvalue weighted by Crippen LogP contribution is -2.50. The van der Waals surface area contributed by atoms with Gasteiger partial charge in [-0.1, -0.05) is 18.2 Å². The third-order valence-corrected chi connectivity index (χ3v) is 3.37. The Kier molecular flexibility index (Phi) is 4.16. The zero-order valence-corrected chi connectivity index (χ0v) is 10.9. The molecule has 19 heavy (non-hydrogen) atoms. The minimum Gasteiger partial charge on any atom is -0.480 e. The molecule has 5 heteroatoms. The molecule has 1 aromatic carbocycles. The van der Waals surface area contributed by atoms with E-state index in [1.165, 1.54) is 11.8 Å². The Labute approximate surface area is 112 Å². The van der Waals surface area contributed by atoms with E-state index in [9.17, 15) is 14.7 Å². The Hall–Kier alpha value is -1.88. The molecule has 1 aliphatic rings. The highest BCUT2D eigenvalue weighted by Gasteiger charge is 2.33. The highest BCUT2D eigenvalue weighted by molar-refractivity contribution is 6.01. The zero-order chi connectivity index (χ0) is 13.8. The second kappa shape index (κ2) is 5.84. The summed E-state index contributed by atoms with van der Waals surface area (Å²) in [7, 11) is 0. The Bertz CT molecular complexity index is 455. The molecule has 0 spiro atoms. The van der Waals surface area contributed by atoms with Crippen LogP contribution in [0.15, 0.2) is 30.3 Å². The predicted octanol–water partition coefficient (Wildman–Crippen LogP) is 1.24. The van der Waals surface area contributed by atoms with E-state index < -0.39 is 12.0 Å². The van der Waals surface area contributed by atoms with Crippen LogP contribution < -0.4 is 10.2 Å². The maximum atomic E-state index is 12.5. The molecule has 1 fully saturated rings. The number of hydrogen-bond donors (Lipinski definition) is 2. The number of benzene rings is 1. The van der Waals surface area contributed by atoms with E-state index in [2.05, 4.69) is 5.32 Å². The Morgan fingerprint density at radius 2 is 2.05 bits per heavy atom. The maximum absolute atomic E-state index is 12.5. The van der Waals surface area contributed by atoms with E-state index >= 15 is 0 Å². The number of carboxylic acids is 1. The highest BCUT2D eigenvalue weighted by Crippen LogP contribution is 2.20. The first-order valence-corrected chi connectivity index (χ1v) is 6.45. The van der Waals surface area contributed by atoms with Crippen LogP contribution in [0.3, 0.4) is 0 Å². The number of nitrogens with one attached hydrogen (secondary N) is 1. The van der Waals surface area contributed by atoms with Crippen molar-refractivity contribution < 1.29 is 14.7 Å². The van der Waals surface area contributed by atoms with Gasteiger partial charge in [-0.05, 0) is 38.4 Å². The van der Waals surface area contributed by atoms with Gasteiger partial charge in [0, 0.05) is 5.69 Å². The van der Waals surface area contributed by atoms with Crippen molar-refractivity contribution in [1.82, 2.24) is 5.32 Å². The molecule has 1 aromatic rings. The first kappa shape index (κ1) is 13.5. The normalized spacial score (nSPS) is 19.9. The molecule has 1 aliphatic heterocycles. The molecule has 1 amide bonds. The summed E-state index contributed by atoms with van der Waals surface area (Å²) in [6.45, 7) is 2.34.